The first-order valence-corrected chi connectivity index (χ1v) is 10.0. The molecule has 0 N–H and O–H groups in total. The van der Waals surface area contributed by atoms with E-state index in [0.29, 0.717) is 6.54 Å². The third-order valence-corrected chi connectivity index (χ3v) is 6.39. The number of carbonyl (C=O) groups excluding carboxylic acids is 1. The van der Waals surface area contributed by atoms with E-state index in [9.17, 15) is 4.79 Å². The van der Waals surface area contributed by atoms with Gasteiger partial charge in [-0.3, -0.25) is 4.79 Å². The maximum atomic E-state index is 13.2. The van der Waals surface area contributed by atoms with Crippen LogP contribution in [-0.4, -0.2) is 46.0 Å². The van der Waals surface area contributed by atoms with Crippen molar-refractivity contribution < 1.29 is 4.79 Å². The van der Waals surface area contributed by atoms with Crippen LogP contribution >= 0.6 is 11.6 Å². The second-order valence-electron chi connectivity index (χ2n) is 8.48. The topological polar surface area (TPSA) is 28.5 Å². The van der Waals surface area contributed by atoms with Crippen LogP contribution in [-0.2, 0) is 24.3 Å². The van der Waals surface area contributed by atoms with E-state index in [1.807, 2.05) is 6.07 Å². The van der Waals surface area contributed by atoms with E-state index in [0.717, 1.165) is 49.4 Å². The van der Waals surface area contributed by atoms with Gasteiger partial charge >= 0.3 is 0 Å². The number of fused-ring (bicyclic) bond motifs is 3. The molecule has 1 amide bonds. The lowest BCUT2D eigenvalue weighted by Crippen LogP contribution is -2.51. The molecular weight excluding hydrogens is 346 g/mol. The monoisotopic (exact) mass is 373 g/mol. The van der Waals surface area contributed by atoms with Crippen LogP contribution in [0.3, 0.4) is 0 Å². The molecule has 26 heavy (non-hydrogen) atoms. The molecule has 5 heteroatoms. The van der Waals surface area contributed by atoms with Crippen LogP contribution < -0.4 is 0 Å². The molecule has 0 radical (unpaired) electrons. The van der Waals surface area contributed by atoms with Crippen molar-refractivity contribution in [2.75, 3.05) is 20.1 Å². The van der Waals surface area contributed by atoms with Gasteiger partial charge in [0.1, 0.15) is 6.54 Å². The highest BCUT2D eigenvalue weighted by atomic mass is 35.5. The molecule has 0 atom stereocenters. The number of aromatic nitrogens is 1. The third kappa shape index (κ3) is 3.03. The number of rotatable bonds is 2. The smallest absolute Gasteiger partial charge is 0.242 e. The van der Waals surface area contributed by atoms with Crippen molar-refractivity contribution in [1.29, 1.82) is 0 Å². The zero-order chi connectivity index (χ0) is 18.5. The van der Waals surface area contributed by atoms with E-state index in [4.69, 9.17) is 11.6 Å². The van der Waals surface area contributed by atoms with Gasteiger partial charge in [0.05, 0.1) is 0 Å². The Hall–Kier alpha value is -1.52. The van der Waals surface area contributed by atoms with Crippen molar-refractivity contribution >= 4 is 28.4 Å². The fraction of sp³-hybridized carbons (Fsp3) is 0.571. The first-order valence-electron chi connectivity index (χ1n) is 9.65. The Bertz CT molecular complexity index is 855. The summed E-state index contributed by atoms with van der Waals surface area (Å²) in [6.07, 6.45) is 4.39. The van der Waals surface area contributed by atoms with Crippen molar-refractivity contribution in [3.63, 3.8) is 0 Å². The van der Waals surface area contributed by atoms with E-state index in [-0.39, 0.29) is 11.4 Å². The quantitative estimate of drug-likeness (QED) is 0.793. The second-order valence-corrected chi connectivity index (χ2v) is 8.91. The van der Waals surface area contributed by atoms with Gasteiger partial charge < -0.3 is 14.4 Å². The van der Waals surface area contributed by atoms with E-state index in [1.54, 1.807) is 0 Å². The van der Waals surface area contributed by atoms with Crippen molar-refractivity contribution in [2.24, 2.45) is 0 Å². The zero-order valence-electron chi connectivity index (χ0n) is 16.0. The summed E-state index contributed by atoms with van der Waals surface area (Å²) in [6, 6.07) is 6.07. The van der Waals surface area contributed by atoms with Gasteiger partial charge in [-0.15, -0.1) is 0 Å². The molecule has 1 saturated heterocycles. The normalized spacial score (nSPS) is 20.4. The fourth-order valence-corrected chi connectivity index (χ4v) is 4.86. The molecular formula is C21H28ClN3O. The summed E-state index contributed by atoms with van der Waals surface area (Å²) in [5.74, 6) is 0.239. The predicted octanol–water partition coefficient (Wildman–Crippen LogP) is 4.07. The number of hydrogen-bond acceptors (Lipinski definition) is 2. The van der Waals surface area contributed by atoms with Crippen LogP contribution in [0.25, 0.3) is 10.9 Å². The molecule has 0 aliphatic carbocycles. The van der Waals surface area contributed by atoms with Gasteiger partial charge in [0.25, 0.3) is 0 Å². The number of nitrogens with zero attached hydrogens (tertiary/aromatic N) is 3. The Labute approximate surface area is 160 Å². The summed E-state index contributed by atoms with van der Waals surface area (Å²) in [6.45, 7) is 7.65. The summed E-state index contributed by atoms with van der Waals surface area (Å²) in [5, 5.41) is 1.96. The van der Waals surface area contributed by atoms with Crippen molar-refractivity contribution in [2.45, 2.75) is 58.2 Å². The van der Waals surface area contributed by atoms with Crippen LogP contribution in [0.2, 0.25) is 5.02 Å². The molecule has 2 aliphatic heterocycles. The van der Waals surface area contributed by atoms with Crippen LogP contribution in [0, 0.1) is 0 Å². The van der Waals surface area contributed by atoms with E-state index >= 15 is 0 Å². The van der Waals surface area contributed by atoms with Gasteiger partial charge in [-0.05, 0) is 63.9 Å². The number of hydrogen-bond donors (Lipinski definition) is 0. The van der Waals surface area contributed by atoms with Crippen LogP contribution in [0.4, 0.5) is 0 Å². The lowest BCUT2D eigenvalue weighted by Gasteiger charge is -2.42. The molecule has 1 aromatic carbocycles. The Balaban J connectivity index is 1.73. The third-order valence-electron chi connectivity index (χ3n) is 6.15. The number of piperidine rings is 1. The molecule has 1 aromatic heterocycles. The Morgan fingerprint density at radius 2 is 2.04 bits per heavy atom. The van der Waals surface area contributed by atoms with Gasteiger partial charge in [0.15, 0.2) is 0 Å². The maximum Gasteiger partial charge on any atom is 0.242 e. The largest absolute Gasteiger partial charge is 0.336 e. The summed E-state index contributed by atoms with van der Waals surface area (Å²) in [4.78, 5) is 17.6. The van der Waals surface area contributed by atoms with Crippen LogP contribution in [0.15, 0.2) is 18.2 Å². The highest BCUT2D eigenvalue weighted by Crippen LogP contribution is 2.33. The lowest BCUT2D eigenvalue weighted by atomic mass is 9.90. The van der Waals surface area contributed by atoms with E-state index < -0.39 is 0 Å². The summed E-state index contributed by atoms with van der Waals surface area (Å²) < 4.78 is 2.25. The van der Waals surface area contributed by atoms with E-state index in [2.05, 4.69) is 47.4 Å². The first-order chi connectivity index (χ1) is 12.4. The molecule has 2 aliphatic rings. The van der Waals surface area contributed by atoms with Gasteiger partial charge in [-0.1, -0.05) is 11.6 Å². The summed E-state index contributed by atoms with van der Waals surface area (Å²) in [5.41, 5.74) is 3.74. The van der Waals surface area contributed by atoms with E-state index in [1.165, 1.54) is 23.1 Å². The number of benzene rings is 1. The molecule has 0 bridgehead atoms. The average Bonchev–Trinajstić information content (AvgIpc) is 2.87. The van der Waals surface area contributed by atoms with Gasteiger partial charge in [-0.25, -0.2) is 0 Å². The van der Waals surface area contributed by atoms with Crippen LogP contribution in [0.1, 0.15) is 44.4 Å². The Morgan fingerprint density at radius 1 is 1.23 bits per heavy atom. The molecule has 0 spiro atoms. The average molecular weight is 374 g/mol. The molecule has 2 aromatic rings. The minimum Gasteiger partial charge on any atom is -0.336 e. The molecule has 4 rings (SSSR count). The summed E-state index contributed by atoms with van der Waals surface area (Å²) >= 11 is 6.27. The summed E-state index contributed by atoms with van der Waals surface area (Å²) in [7, 11) is 2.15. The van der Waals surface area contributed by atoms with Crippen molar-refractivity contribution in [3.8, 4) is 0 Å². The van der Waals surface area contributed by atoms with Crippen LogP contribution in [0.5, 0.6) is 0 Å². The number of amides is 1. The number of likely N-dealkylation sites (tertiary alicyclic amines) is 1. The number of carbonyl (C=O) groups is 1. The van der Waals surface area contributed by atoms with Gasteiger partial charge in [-0.2, -0.15) is 0 Å². The number of halogens is 1. The molecule has 3 heterocycles. The minimum atomic E-state index is -0.0398. The minimum absolute atomic E-state index is 0.0398. The highest BCUT2D eigenvalue weighted by molar-refractivity contribution is 6.31. The Morgan fingerprint density at radius 3 is 2.81 bits per heavy atom. The lowest BCUT2D eigenvalue weighted by molar-refractivity contribution is -0.139. The SMILES string of the molecule is CN1CCc2c(c3cc(Cl)ccc3n2CC(=O)N2CCCCC2(C)C)C1. The zero-order valence-corrected chi connectivity index (χ0v) is 16.8. The van der Waals surface area contributed by atoms with Gasteiger partial charge in [0.2, 0.25) is 5.91 Å². The Kier molecular flexibility index (Phi) is 4.52. The highest BCUT2D eigenvalue weighted by Gasteiger charge is 2.34. The maximum absolute atomic E-state index is 13.2. The van der Waals surface area contributed by atoms with Crippen molar-refractivity contribution in [3.05, 3.63) is 34.5 Å². The first kappa shape index (κ1) is 17.9. The van der Waals surface area contributed by atoms with Crippen molar-refractivity contribution in [1.82, 2.24) is 14.4 Å². The second kappa shape index (κ2) is 6.58. The molecule has 4 nitrogen and oxygen atoms in total. The standard InChI is InChI=1S/C21H28ClN3O/c1-21(2)9-4-5-10-25(21)20(26)14-24-18-7-6-15(22)12-16(18)17-13-23(3)11-8-19(17)24/h6-7,12H,4-5,8-11,13-14H2,1-3H3. The van der Waals surface area contributed by atoms with Gasteiger partial charge in [0, 0.05) is 53.2 Å². The molecule has 0 unspecified atom stereocenters. The molecule has 1 fully saturated rings. The predicted molar refractivity (Wildman–Crippen MR) is 107 cm³/mol. The fourth-order valence-electron chi connectivity index (χ4n) is 4.69. The number of likely N-dealkylation sites (N-methyl/N-ethyl adjacent to an activating group) is 1. The molecule has 140 valence electrons. The molecule has 0 saturated carbocycles.